The number of ether oxygens (including phenoxy) is 2. The van der Waals surface area contributed by atoms with Crippen molar-refractivity contribution in [3.05, 3.63) is 46.2 Å². The van der Waals surface area contributed by atoms with Crippen LogP contribution in [-0.2, 0) is 32.1 Å². The Morgan fingerprint density at radius 2 is 2.10 bits per heavy atom. The van der Waals surface area contributed by atoms with Crippen molar-refractivity contribution < 1.29 is 23.9 Å². The number of nitrogens with zero attached hydrogens (tertiary/aromatic N) is 2. The lowest BCUT2D eigenvalue weighted by molar-refractivity contribution is -0.152. The van der Waals surface area contributed by atoms with Crippen LogP contribution < -0.4 is 9.64 Å². The molecule has 7 nitrogen and oxygen atoms in total. The number of fused-ring (bicyclic) bond motifs is 2. The number of benzene rings is 1. The SMILES string of the molecule is C[C@@H]1Oc2ccccc2N(CCC(=O)OCC(=O)N2CCc3sccc3C2)C1=O. The van der Waals surface area contributed by atoms with Gasteiger partial charge in [-0.05, 0) is 42.5 Å². The molecule has 8 heteroatoms. The summed E-state index contributed by atoms with van der Waals surface area (Å²) in [6, 6.07) is 9.25. The van der Waals surface area contributed by atoms with Crippen molar-refractivity contribution in [2.75, 3.05) is 24.6 Å². The van der Waals surface area contributed by atoms with E-state index in [1.807, 2.05) is 23.6 Å². The molecular formula is C21H22N2O5S. The van der Waals surface area contributed by atoms with E-state index in [1.165, 1.54) is 15.3 Å². The molecule has 4 rings (SSSR count). The van der Waals surface area contributed by atoms with Crippen LogP contribution in [0.5, 0.6) is 5.75 Å². The summed E-state index contributed by atoms with van der Waals surface area (Å²) in [6.07, 6.45) is 0.238. The molecule has 1 atom stereocenters. The normalized spacial score (nSPS) is 18.0. The molecule has 1 aromatic heterocycles. The quantitative estimate of drug-likeness (QED) is 0.702. The number of thiophene rings is 1. The highest BCUT2D eigenvalue weighted by Gasteiger charge is 2.31. The van der Waals surface area contributed by atoms with Gasteiger partial charge < -0.3 is 19.3 Å². The largest absolute Gasteiger partial charge is 0.479 e. The molecular weight excluding hydrogens is 392 g/mol. The average molecular weight is 414 g/mol. The van der Waals surface area contributed by atoms with E-state index in [4.69, 9.17) is 9.47 Å². The first-order chi connectivity index (χ1) is 14.0. The van der Waals surface area contributed by atoms with Gasteiger partial charge in [-0.1, -0.05) is 12.1 Å². The van der Waals surface area contributed by atoms with Crippen molar-refractivity contribution in [3.63, 3.8) is 0 Å². The number of anilines is 1. The lowest BCUT2D eigenvalue weighted by Crippen LogP contribution is -2.45. The van der Waals surface area contributed by atoms with Crippen molar-refractivity contribution in [2.45, 2.75) is 32.4 Å². The van der Waals surface area contributed by atoms with E-state index in [0.29, 0.717) is 24.5 Å². The summed E-state index contributed by atoms with van der Waals surface area (Å²) in [6.45, 7) is 2.79. The number of para-hydroxylation sites is 2. The van der Waals surface area contributed by atoms with Gasteiger partial charge in [0, 0.05) is 24.5 Å². The molecule has 2 aliphatic heterocycles. The first-order valence-electron chi connectivity index (χ1n) is 9.58. The monoisotopic (exact) mass is 414 g/mol. The highest BCUT2D eigenvalue weighted by atomic mass is 32.1. The first kappa shape index (κ1) is 19.4. The van der Waals surface area contributed by atoms with E-state index in [9.17, 15) is 14.4 Å². The van der Waals surface area contributed by atoms with Gasteiger partial charge in [-0.25, -0.2) is 0 Å². The standard InChI is InChI=1S/C21H22N2O5S/c1-14-21(26)23(16-4-2-3-5-17(16)28-14)10-7-20(25)27-13-19(24)22-9-6-18-15(12-22)8-11-29-18/h2-5,8,11,14H,6-7,9-10,12-13H2,1H3/t14-/m0/s1. The molecule has 29 heavy (non-hydrogen) atoms. The Bertz CT molecular complexity index is 941. The Hall–Kier alpha value is -2.87. The lowest BCUT2D eigenvalue weighted by Gasteiger charge is -2.32. The van der Waals surface area contributed by atoms with Crippen molar-refractivity contribution >= 4 is 34.8 Å². The maximum absolute atomic E-state index is 12.4. The van der Waals surface area contributed by atoms with Gasteiger partial charge in [0.15, 0.2) is 12.7 Å². The fourth-order valence-electron chi connectivity index (χ4n) is 3.56. The number of hydrogen-bond donors (Lipinski definition) is 0. The fraction of sp³-hybridized carbons (Fsp3) is 0.381. The van der Waals surface area contributed by atoms with Gasteiger partial charge in [0.05, 0.1) is 12.1 Å². The van der Waals surface area contributed by atoms with Crippen molar-refractivity contribution in [3.8, 4) is 5.75 Å². The molecule has 0 radical (unpaired) electrons. The van der Waals surface area contributed by atoms with Crippen LogP contribution >= 0.6 is 11.3 Å². The second kappa shape index (κ2) is 8.24. The maximum atomic E-state index is 12.4. The van der Waals surface area contributed by atoms with Crippen molar-refractivity contribution in [1.29, 1.82) is 0 Å². The third kappa shape index (κ3) is 4.12. The predicted octanol–water partition coefficient (Wildman–Crippen LogP) is 2.38. The van der Waals surface area contributed by atoms with E-state index in [1.54, 1.807) is 35.3 Å². The number of carbonyl (C=O) groups excluding carboxylic acids is 3. The molecule has 2 aliphatic rings. The summed E-state index contributed by atoms with van der Waals surface area (Å²) in [7, 11) is 0. The maximum Gasteiger partial charge on any atom is 0.308 e. The van der Waals surface area contributed by atoms with E-state index in [2.05, 4.69) is 0 Å². The molecule has 2 aromatic rings. The lowest BCUT2D eigenvalue weighted by atomic mass is 10.1. The summed E-state index contributed by atoms with van der Waals surface area (Å²) in [5.74, 6) is -0.291. The molecule has 0 N–H and O–H groups in total. The molecule has 152 valence electrons. The molecule has 0 saturated carbocycles. The fourth-order valence-corrected chi connectivity index (χ4v) is 4.45. The number of hydrogen-bond acceptors (Lipinski definition) is 6. The van der Waals surface area contributed by atoms with Gasteiger partial charge >= 0.3 is 5.97 Å². The van der Waals surface area contributed by atoms with Crippen LogP contribution in [0.15, 0.2) is 35.7 Å². The molecule has 0 bridgehead atoms. The first-order valence-corrected chi connectivity index (χ1v) is 10.5. The summed E-state index contributed by atoms with van der Waals surface area (Å²) in [5.41, 5.74) is 1.80. The van der Waals surface area contributed by atoms with Crippen LogP contribution in [0.4, 0.5) is 5.69 Å². The van der Waals surface area contributed by atoms with Crippen molar-refractivity contribution in [2.24, 2.45) is 0 Å². The van der Waals surface area contributed by atoms with E-state index >= 15 is 0 Å². The average Bonchev–Trinajstić information content (AvgIpc) is 3.20. The summed E-state index contributed by atoms with van der Waals surface area (Å²) < 4.78 is 10.8. The van der Waals surface area contributed by atoms with Gasteiger partial charge in [-0.3, -0.25) is 14.4 Å². The Morgan fingerprint density at radius 1 is 1.28 bits per heavy atom. The molecule has 3 heterocycles. The van der Waals surface area contributed by atoms with Gasteiger partial charge in [0.2, 0.25) is 0 Å². The minimum atomic E-state index is -0.608. The van der Waals surface area contributed by atoms with E-state index < -0.39 is 12.1 Å². The van der Waals surface area contributed by atoms with Crippen LogP contribution in [-0.4, -0.2) is 48.5 Å². The minimum Gasteiger partial charge on any atom is -0.479 e. The molecule has 0 saturated heterocycles. The van der Waals surface area contributed by atoms with E-state index in [-0.39, 0.29) is 31.4 Å². The topological polar surface area (TPSA) is 76.2 Å². The second-order valence-corrected chi connectivity index (χ2v) is 8.06. The second-order valence-electron chi connectivity index (χ2n) is 7.06. The highest BCUT2D eigenvalue weighted by molar-refractivity contribution is 7.10. The molecule has 2 amide bonds. The Balaban J connectivity index is 1.28. The van der Waals surface area contributed by atoms with Gasteiger partial charge in [0.25, 0.3) is 11.8 Å². The summed E-state index contributed by atoms with van der Waals surface area (Å²) in [4.78, 5) is 41.5. The van der Waals surface area contributed by atoms with Crippen LogP contribution in [0, 0.1) is 0 Å². The van der Waals surface area contributed by atoms with Gasteiger partial charge in [-0.2, -0.15) is 0 Å². The van der Waals surface area contributed by atoms with Crippen LogP contribution in [0.2, 0.25) is 0 Å². The zero-order chi connectivity index (χ0) is 20.4. The molecule has 0 spiro atoms. The zero-order valence-electron chi connectivity index (χ0n) is 16.1. The number of rotatable bonds is 5. The predicted molar refractivity (Wildman–Crippen MR) is 108 cm³/mol. The van der Waals surface area contributed by atoms with Crippen molar-refractivity contribution in [1.82, 2.24) is 4.90 Å². The van der Waals surface area contributed by atoms with Crippen LogP contribution in [0.1, 0.15) is 23.8 Å². The third-order valence-electron chi connectivity index (χ3n) is 5.13. The van der Waals surface area contributed by atoms with Crippen LogP contribution in [0.3, 0.4) is 0 Å². The van der Waals surface area contributed by atoms with Gasteiger partial charge in [-0.15, -0.1) is 11.3 Å². The Labute approximate surface area is 172 Å². The smallest absolute Gasteiger partial charge is 0.308 e. The molecule has 0 aliphatic carbocycles. The third-order valence-corrected chi connectivity index (χ3v) is 6.15. The Kier molecular flexibility index (Phi) is 5.53. The number of esters is 1. The highest BCUT2D eigenvalue weighted by Crippen LogP contribution is 2.33. The number of carbonyl (C=O) groups is 3. The molecule has 0 fully saturated rings. The Morgan fingerprint density at radius 3 is 2.97 bits per heavy atom. The number of amides is 2. The minimum absolute atomic E-state index is 0.00868. The van der Waals surface area contributed by atoms with Crippen LogP contribution in [0.25, 0.3) is 0 Å². The summed E-state index contributed by atoms with van der Waals surface area (Å²) >= 11 is 1.71. The van der Waals surface area contributed by atoms with E-state index in [0.717, 1.165) is 6.42 Å². The van der Waals surface area contributed by atoms with Gasteiger partial charge in [0.1, 0.15) is 5.75 Å². The molecule has 1 aromatic carbocycles. The zero-order valence-corrected chi connectivity index (χ0v) is 16.9. The molecule has 0 unspecified atom stereocenters. The summed E-state index contributed by atoms with van der Waals surface area (Å²) in [5, 5.41) is 2.03.